The first kappa shape index (κ1) is 15.6. The molecule has 0 fully saturated rings. The first-order valence-electron chi connectivity index (χ1n) is 6.73. The summed E-state index contributed by atoms with van der Waals surface area (Å²) in [6, 6.07) is 3.06. The summed E-state index contributed by atoms with van der Waals surface area (Å²) >= 11 is 0. The Morgan fingerprint density at radius 3 is 2.67 bits per heavy atom. The fourth-order valence-electron chi connectivity index (χ4n) is 2.29. The van der Waals surface area contributed by atoms with Crippen LogP contribution in [0, 0.1) is 25.5 Å². The molecule has 114 valence electrons. The lowest BCUT2D eigenvalue weighted by molar-refractivity contribution is 0.169. The summed E-state index contributed by atoms with van der Waals surface area (Å²) in [6.07, 6.45) is -1.10. The lowest BCUT2D eigenvalue weighted by atomic mass is 10.1. The number of aliphatic hydroxyl groups excluding tert-OH is 1. The van der Waals surface area contributed by atoms with Crippen molar-refractivity contribution in [3.63, 3.8) is 0 Å². The van der Waals surface area contributed by atoms with E-state index in [2.05, 4.69) is 10.4 Å². The van der Waals surface area contributed by atoms with Crippen molar-refractivity contribution in [1.29, 1.82) is 0 Å². The molecule has 2 aromatic rings. The summed E-state index contributed by atoms with van der Waals surface area (Å²) in [5, 5.41) is 17.3. The van der Waals surface area contributed by atoms with Crippen molar-refractivity contribution in [2.75, 3.05) is 6.54 Å². The maximum Gasteiger partial charge on any atom is 0.129 e. The molecule has 0 aliphatic heterocycles. The molecule has 0 radical (unpaired) electrons. The summed E-state index contributed by atoms with van der Waals surface area (Å²) in [4.78, 5) is 0. The Morgan fingerprint density at radius 1 is 1.33 bits per heavy atom. The topological polar surface area (TPSA) is 50.1 Å². The van der Waals surface area contributed by atoms with Crippen LogP contribution in [0.25, 0.3) is 0 Å². The highest BCUT2D eigenvalue weighted by Gasteiger charge is 2.14. The van der Waals surface area contributed by atoms with Crippen LogP contribution >= 0.6 is 0 Å². The average Bonchev–Trinajstić information content (AvgIpc) is 2.67. The molecule has 0 aliphatic carbocycles. The Balaban J connectivity index is 1.98. The first-order chi connectivity index (χ1) is 9.90. The third kappa shape index (κ3) is 3.46. The van der Waals surface area contributed by atoms with Crippen LogP contribution in [-0.4, -0.2) is 21.4 Å². The van der Waals surface area contributed by atoms with E-state index in [1.54, 1.807) is 4.68 Å². The minimum Gasteiger partial charge on any atom is -0.387 e. The largest absolute Gasteiger partial charge is 0.387 e. The Kier molecular flexibility index (Phi) is 4.69. The molecule has 1 heterocycles. The number of nitrogens with zero attached hydrogens (tertiary/aromatic N) is 2. The minimum atomic E-state index is -1.10. The van der Waals surface area contributed by atoms with Gasteiger partial charge in [-0.25, -0.2) is 8.78 Å². The van der Waals surface area contributed by atoms with Gasteiger partial charge in [-0.15, -0.1) is 0 Å². The van der Waals surface area contributed by atoms with E-state index in [9.17, 15) is 13.9 Å². The number of halogens is 2. The minimum absolute atomic E-state index is 0.0397. The van der Waals surface area contributed by atoms with Crippen LogP contribution < -0.4 is 5.32 Å². The van der Waals surface area contributed by atoms with Gasteiger partial charge in [-0.1, -0.05) is 0 Å². The summed E-state index contributed by atoms with van der Waals surface area (Å²) in [5.74, 6) is -1.18. The SMILES string of the molecule is Cc1nn(C)c(C)c1CNCC(O)c1cc(F)ccc1F. The molecule has 0 saturated heterocycles. The van der Waals surface area contributed by atoms with Crippen LogP contribution in [0.15, 0.2) is 18.2 Å². The number of rotatable bonds is 5. The molecule has 1 unspecified atom stereocenters. The van der Waals surface area contributed by atoms with Crippen molar-refractivity contribution in [2.24, 2.45) is 7.05 Å². The van der Waals surface area contributed by atoms with Crippen molar-refractivity contribution in [3.05, 3.63) is 52.3 Å². The van der Waals surface area contributed by atoms with Gasteiger partial charge in [0.2, 0.25) is 0 Å². The highest BCUT2D eigenvalue weighted by atomic mass is 19.1. The highest BCUT2D eigenvalue weighted by Crippen LogP contribution is 2.18. The van der Waals surface area contributed by atoms with Gasteiger partial charge in [-0.2, -0.15) is 5.10 Å². The van der Waals surface area contributed by atoms with Crippen molar-refractivity contribution in [3.8, 4) is 0 Å². The van der Waals surface area contributed by atoms with E-state index in [-0.39, 0.29) is 12.1 Å². The second-order valence-corrected chi connectivity index (χ2v) is 5.09. The number of nitrogens with one attached hydrogen (secondary N) is 1. The quantitative estimate of drug-likeness (QED) is 0.888. The standard InChI is InChI=1S/C15H19F2N3O/c1-9-13(10(2)20(3)19-9)7-18-8-15(21)12-6-11(16)4-5-14(12)17/h4-6,15,18,21H,7-8H2,1-3H3. The van der Waals surface area contributed by atoms with E-state index in [0.29, 0.717) is 6.54 Å². The predicted molar refractivity (Wildman–Crippen MR) is 75.7 cm³/mol. The molecule has 1 aromatic heterocycles. The lowest BCUT2D eigenvalue weighted by Crippen LogP contribution is -2.22. The molecule has 21 heavy (non-hydrogen) atoms. The second kappa shape index (κ2) is 6.32. The van der Waals surface area contributed by atoms with Gasteiger partial charge in [0.05, 0.1) is 11.8 Å². The summed E-state index contributed by atoms with van der Waals surface area (Å²) in [6.45, 7) is 4.51. The van der Waals surface area contributed by atoms with E-state index < -0.39 is 17.7 Å². The number of hydrogen-bond donors (Lipinski definition) is 2. The Morgan fingerprint density at radius 2 is 2.05 bits per heavy atom. The normalized spacial score (nSPS) is 12.7. The Labute approximate surface area is 122 Å². The number of aromatic nitrogens is 2. The van der Waals surface area contributed by atoms with Crippen molar-refractivity contribution < 1.29 is 13.9 Å². The van der Waals surface area contributed by atoms with Gasteiger partial charge in [0.15, 0.2) is 0 Å². The molecule has 0 aliphatic rings. The maximum atomic E-state index is 13.5. The van der Waals surface area contributed by atoms with Crippen LogP contribution in [0.5, 0.6) is 0 Å². The van der Waals surface area contributed by atoms with E-state index in [1.807, 2.05) is 20.9 Å². The molecule has 1 aromatic carbocycles. The molecule has 0 amide bonds. The van der Waals surface area contributed by atoms with Crippen molar-refractivity contribution in [2.45, 2.75) is 26.5 Å². The number of aryl methyl sites for hydroxylation is 2. The van der Waals surface area contributed by atoms with Gasteiger partial charge < -0.3 is 10.4 Å². The summed E-state index contributed by atoms with van der Waals surface area (Å²) in [5.41, 5.74) is 2.95. The average molecular weight is 295 g/mol. The smallest absolute Gasteiger partial charge is 0.129 e. The highest BCUT2D eigenvalue weighted by molar-refractivity contribution is 5.24. The fourth-order valence-corrected chi connectivity index (χ4v) is 2.29. The van der Waals surface area contributed by atoms with Crippen LogP contribution in [0.3, 0.4) is 0 Å². The van der Waals surface area contributed by atoms with Gasteiger partial charge in [0, 0.05) is 37.0 Å². The number of aliphatic hydroxyl groups is 1. The third-order valence-electron chi connectivity index (χ3n) is 3.62. The zero-order valence-corrected chi connectivity index (χ0v) is 12.3. The molecule has 0 bridgehead atoms. The van der Waals surface area contributed by atoms with Gasteiger partial charge in [-0.3, -0.25) is 4.68 Å². The van der Waals surface area contributed by atoms with E-state index in [4.69, 9.17) is 0 Å². The van der Waals surface area contributed by atoms with Gasteiger partial charge in [0.25, 0.3) is 0 Å². The van der Waals surface area contributed by atoms with Crippen LogP contribution in [0.2, 0.25) is 0 Å². The zero-order valence-electron chi connectivity index (χ0n) is 12.3. The van der Waals surface area contributed by atoms with E-state index in [1.165, 1.54) is 0 Å². The van der Waals surface area contributed by atoms with Gasteiger partial charge >= 0.3 is 0 Å². The predicted octanol–water partition coefficient (Wildman–Crippen LogP) is 2.14. The van der Waals surface area contributed by atoms with Crippen LogP contribution in [-0.2, 0) is 13.6 Å². The zero-order chi connectivity index (χ0) is 15.6. The lowest BCUT2D eigenvalue weighted by Gasteiger charge is -2.13. The summed E-state index contributed by atoms with van der Waals surface area (Å²) < 4.78 is 28.4. The monoisotopic (exact) mass is 295 g/mol. The Bertz CT molecular complexity index is 640. The van der Waals surface area contributed by atoms with Gasteiger partial charge in [0.1, 0.15) is 11.6 Å². The molecular weight excluding hydrogens is 276 g/mol. The van der Waals surface area contributed by atoms with Crippen molar-refractivity contribution >= 4 is 0 Å². The van der Waals surface area contributed by atoms with Crippen LogP contribution in [0.1, 0.15) is 28.6 Å². The van der Waals surface area contributed by atoms with Crippen LogP contribution in [0.4, 0.5) is 8.78 Å². The van der Waals surface area contributed by atoms with E-state index in [0.717, 1.165) is 35.2 Å². The molecule has 6 heteroatoms. The molecule has 0 saturated carbocycles. The van der Waals surface area contributed by atoms with Gasteiger partial charge in [-0.05, 0) is 32.0 Å². The Hall–Kier alpha value is -1.79. The summed E-state index contributed by atoms with van der Waals surface area (Å²) in [7, 11) is 1.86. The fraction of sp³-hybridized carbons (Fsp3) is 0.400. The molecule has 2 rings (SSSR count). The molecule has 4 nitrogen and oxygen atoms in total. The molecular formula is C15H19F2N3O. The molecule has 0 spiro atoms. The molecule has 2 N–H and O–H groups in total. The third-order valence-corrected chi connectivity index (χ3v) is 3.62. The first-order valence-corrected chi connectivity index (χ1v) is 6.73. The number of hydrogen-bond acceptors (Lipinski definition) is 3. The van der Waals surface area contributed by atoms with Crippen molar-refractivity contribution in [1.82, 2.24) is 15.1 Å². The second-order valence-electron chi connectivity index (χ2n) is 5.09. The van der Waals surface area contributed by atoms with E-state index >= 15 is 0 Å². The number of benzene rings is 1. The molecule has 1 atom stereocenters. The maximum absolute atomic E-state index is 13.5.